The van der Waals surface area contributed by atoms with Crippen molar-refractivity contribution >= 4 is 23.1 Å². The minimum atomic E-state index is -0.0438. The van der Waals surface area contributed by atoms with Crippen LogP contribution >= 0.6 is 11.3 Å². The van der Waals surface area contributed by atoms with Crippen LogP contribution in [0.4, 0.5) is 5.82 Å². The molecule has 23 heavy (non-hydrogen) atoms. The zero-order valence-electron chi connectivity index (χ0n) is 13.3. The first kappa shape index (κ1) is 16.1. The number of hydrogen-bond donors (Lipinski definition) is 1. The molecular weight excluding hydrogens is 314 g/mol. The van der Waals surface area contributed by atoms with Gasteiger partial charge in [0, 0.05) is 36.8 Å². The molecule has 1 unspecified atom stereocenters. The van der Waals surface area contributed by atoms with Gasteiger partial charge in [-0.3, -0.25) is 9.69 Å². The minimum absolute atomic E-state index is 0.0350. The van der Waals surface area contributed by atoms with Crippen LogP contribution in [0.5, 0.6) is 0 Å². The van der Waals surface area contributed by atoms with Crippen LogP contribution < -0.4 is 5.32 Å². The molecule has 1 aliphatic heterocycles. The zero-order valence-corrected chi connectivity index (χ0v) is 14.1. The fourth-order valence-corrected chi connectivity index (χ4v) is 3.28. The van der Waals surface area contributed by atoms with E-state index in [2.05, 4.69) is 20.3 Å². The molecule has 2 aromatic heterocycles. The average molecular weight is 335 g/mol. The van der Waals surface area contributed by atoms with Gasteiger partial charge in [0.1, 0.15) is 16.9 Å². The predicted octanol–water partition coefficient (Wildman–Crippen LogP) is 1.93. The first-order chi connectivity index (χ1) is 11.1. The normalized spacial score (nSPS) is 19.2. The minimum Gasteiger partial charge on any atom is -0.368 e. The Kier molecular flexibility index (Phi) is 5.04. The summed E-state index contributed by atoms with van der Waals surface area (Å²) < 4.78 is 7.55. The van der Waals surface area contributed by atoms with E-state index in [9.17, 15) is 4.79 Å². The third-order valence-corrected chi connectivity index (χ3v) is 4.54. The first-order valence-corrected chi connectivity index (χ1v) is 8.58. The third kappa shape index (κ3) is 3.95. The Hall–Kier alpha value is -1.77. The topological polar surface area (TPSA) is 72.3 Å². The highest BCUT2D eigenvalue weighted by atomic mass is 32.1. The molecule has 3 rings (SSSR count). The maximum absolute atomic E-state index is 12.3. The molecule has 1 aliphatic rings. The van der Waals surface area contributed by atoms with Crippen molar-refractivity contribution in [2.75, 3.05) is 31.6 Å². The molecule has 8 heteroatoms. The second kappa shape index (κ2) is 7.20. The predicted molar refractivity (Wildman–Crippen MR) is 88.5 cm³/mol. The Labute approximate surface area is 139 Å². The number of anilines is 1. The Bertz CT molecular complexity index is 640. The lowest BCUT2D eigenvalue weighted by Crippen LogP contribution is -2.42. The molecule has 1 amide bonds. The number of rotatable bonds is 5. The van der Waals surface area contributed by atoms with E-state index in [1.165, 1.54) is 0 Å². The molecule has 124 valence electrons. The number of aromatic nitrogens is 3. The fourth-order valence-electron chi connectivity index (χ4n) is 2.60. The van der Waals surface area contributed by atoms with E-state index in [4.69, 9.17) is 4.74 Å². The fraction of sp³-hybridized carbons (Fsp3) is 0.533. The number of morpholine rings is 1. The molecule has 3 heterocycles. The van der Waals surface area contributed by atoms with Crippen LogP contribution in [0.25, 0.3) is 0 Å². The number of thiazole rings is 1. The molecule has 1 N–H and O–H groups in total. The number of hydrogen-bond acceptors (Lipinski definition) is 6. The summed E-state index contributed by atoms with van der Waals surface area (Å²) in [5, 5.41) is 10.1. The lowest BCUT2D eigenvalue weighted by atomic mass is 10.3. The van der Waals surface area contributed by atoms with Gasteiger partial charge in [0.05, 0.1) is 19.3 Å². The van der Waals surface area contributed by atoms with Gasteiger partial charge in [0.2, 0.25) is 5.91 Å². The van der Waals surface area contributed by atoms with E-state index in [1.54, 1.807) is 28.4 Å². The smallest absolute Gasteiger partial charge is 0.239 e. The van der Waals surface area contributed by atoms with Crippen molar-refractivity contribution in [1.82, 2.24) is 19.7 Å². The van der Waals surface area contributed by atoms with Gasteiger partial charge in [-0.1, -0.05) is 0 Å². The van der Waals surface area contributed by atoms with Crippen LogP contribution in [0, 0.1) is 0 Å². The Morgan fingerprint density at radius 2 is 2.39 bits per heavy atom. The van der Waals surface area contributed by atoms with Crippen molar-refractivity contribution in [2.45, 2.75) is 26.0 Å². The van der Waals surface area contributed by atoms with Gasteiger partial charge in [-0.05, 0) is 13.8 Å². The van der Waals surface area contributed by atoms with Crippen LogP contribution in [0.3, 0.4) is 0 Å². The van der Waals surface area contributed by atoms with Crippen LogP contribution in [0.2, 0.25) is 0 Å². The van der Waals surface area contributed by atoms with Crippen LogP contribution in [0.1, 0.15) is 31.0 Å². The third-order valence-electron chi connectivity index (χ3n) is 3.67. The van der Waals surface area contributed by atoms with Gasteiger partial charge in [-0.2, -0.15) is 5.10 Å². The van der Waals surface area contributed by atoms with E-state index in [1.807, 2.05) is 25.3 Å². The molecule has 0 aromatic carbocycles. The molecule has 0 bridgehead atoms. The molecule has 2 aromatic rings. The number of carbonyl (C=O) groups excluding carboxylic acids is 1. The number of nitrogens with one attached hydrogen (secondary N) is 1. The van der Waals surface area contributed by atoms with Gasteiger partial charge >= 0.3 is 0 Å². The number of ether oxygens (including phenoxy) is 1. The van der Waals surface area contributed by atoms with E-state index >= 15 is 0 Å². The highest BCUT2D eigenvalue weighted by molar-refractivity contribution is 7.09. The second-order valence-corrected chi connectivity index (χ2v) is 6.69. The quantitative estimate of drug-likeness (QED) is 0.904. The van der Waals surface area contributed by atoms with Gasteiger partial charge < -0.3 is 10.1 Å². The summed E-state index contributed by atoms with van der Waals surface area (Å²) >= 11 is 1.58. The molecule has 1 fully saturated rings. The van der Waals surface area contributed by atoms with E-state index in [0.717, 1.165) is 17.4 Å². The molecule has 0 saturated carbocycles. The average Bonchev–Trinajstić information content (AvgIpc) is 3.18. The first-order valence-electron chi connectivity index (χ1n) is 7.70. The molecule has 0 aliphatic carbocycles. The molecule has 1 atom stereocenters. The molecule has 0 spiro atoms. The molecular formula is C15H21N5O2S. The van der Waals surface area contributed by atoms with E-state index in [-0.39, 0.29) is 18.1 Å². The van der Waals surface area contributed by atoms with Crippen molar-refractivity contribution in [1.29, 1.82) is 0 Å². The van der Waals surface area contributed by atoms with Crippen molar-refractivity contribution in [2.24, 2.45) is 0 Å². The maximum Gasteiger partial charge on any atom is 0.239 e. The van der Waals surface area contributed by atoms with Crippen molar-refractivity contribution < 1.29 is 9.53 Å². The standard InChI is InChI=1S/C15H21N5O2S/c1-11(2)20-13(3-4-17-20)18-14(21)10-19-6-7-22-12(9-19)15-16-5-8-23-15/h3-5,8,11-12H,6-7,9-10H2,1-2H3,(H,18,21). The van der Waals surface area contributed by atoms with Gasteiger partial charge in [-0.15, -0.1) is 11.3 Å². The Morgan fingerprint density at radius 1 is 1.52 bits per heavy atom. The van der Waals surface area contributed by atoms with Crippen LogP contribution in [-0.4, -0.2) is 51.8 Å². The number of amides is 1. The molecule has 0 radical (unpaired) electrons. The summed E-state index contributed by atoms with van der Waals surface area (Å²) in [7, 11) is 0. The maximum atomic E-state index is 12.3. The monoisotopic (exact) mass is 335 g/mol. The number of nitrogens with zero attached hydrogens (tertiary/aromatic N) is 4. The van der Waals surface area contributed by atoms with Crippen LogP contribution in [0.15, 0.2) is 23.8 Å². The Balaban J connectivity index is 1.56. The zero-order chi connectivity index (χ0) is 16.2. The van der Waals surface area contributed by atoms with E-state index in [0.29, 0.717) is 19.7 Å². The van der Waals surface area contributed by atoms with Crippen molar-refractivity contribution in [3.05, 3.63) is 28.8 Å². The second-order valence-electron chi connectivity index (χ2n) is 5.77. The summed E-state index contributed by atoms with van der Waals surface area (Å²) in [6, 6.07) is 2.02. The largest absolute Gasteiger partial charge is 0.368 e. The lowest BCUT2D eigenvalue weighted by Gasteiger charge is -2.31. The number of carbonyl (C=O) groups is 1. The highest BCUT2D eigenvalue weighted by Crippen LogP contribution is 2.23. The summed E-state index contributed by atoms with van der Waals surface area (Å²) in [5.74, 6) is 0.696. The SMILES string of the molecule is CC(C)n1nccc1NC(=O)CN1CCOC(c2nccs2)C1. The molecule has 7 nitrogen and oxygen atoms in total. The molecule has 1 saturated heterocycles. The van der Waals surface area contributed by atoms with Crippen LogP contribution in [-0.2, 0) is 9.53 Å². The Morgan fingerprint density at radius 3 is 3.13 bits per heavy atom. The lowest BCUT2D eigenvalue weighted by molar-refractivity contribution is -0.119. The van der Waals surface area contributed by atoms with Crippen molar-refractivity contribution in [3.8, 4) is 0 Å². The van der Waals surface area contributed by atoms with E-state index < -0.39 is 0 Å². The highest BCUT2D eigenvalue weighted by Gasteiger charge is 2.25. The van der Waals surface area contributed by atoms with Crippen molar-refractivity contribution in [3.63, 3.8) is 0 Å². The summed E-state index contributed by atoms with van der Waals surface area (Å²) in [6.45, 7) is 6.45. The summed E-state index contributed by atoms with van der Waals surface area (Å²) in [6.07, 6.45) is 3.43. The summed E-state index contributed by atoms with van der Waals surface area (Å²) in [4.78, 5) is 18.7. The van der Waals surface area contributed by atoms with Gasteiger partial charge in [0.15, 0.2) is 0 Å². The van der Waals surface area contributed by atoms with Gasteiger partial charge in [0.25, 0.3) is 0 Å². The van der Waals surface area contributed by atoms with Gasteiger partial charge in [-0.25, -0.2) is 9.67 Å². The summed E-state index contributed by atoms with van der Waals surface area (Å²) in [5.41, 5.74) is 0.